The van der Waals surface area contributed by atoms with E-state index < -0.39 is 12.0 Å². The number of aromatic nitrogens is 2. The lowest BCUT2D eigenvalue weighted by Crippen LogP contribution is -2.38. The predicted octanol–water partition coefficient (Wildman–Crippen LogP) is 2.82. The van der Waals surface area contributed by atoms with Crippen LogP contribution in [0.5, 0.6) is 0 Å². The molecule has 0 saturated carbocycles. The Labute approximate surface area is 140 Å². The van der Waals surface area contributed by atoms with Gasteiger partial charge in [-0.1, -0.05) is 0 Å². The molecule has 1 aliphatic heterocycles. The number of likely N-dealkylation sites (tertiary alicyclic amines) is 1. The highest BCUT2D eigenvalue weighted by Crippen LogP contribution is 2.26. The summed E-state index contributed by atoms with van der Waals surface area (Å²) in [7, 11) is 0. The van der Waals surface area contributed by atoms with E-state index in [1.807, 2.05) is 0 Å². The highest BCUT2D eigenvalue weighted by molar-refractivity contribution is 5.85. The van der Waals surface area contributed by atoms with Gasteiger partial charge in [-0.3, -0.25) is 4.90 Å². The van der Waals surface area contributed by atoms with E-state index in [1.54, 1.807) is 6.92 Å². The highest BCUT2D eigenvalue weighted by atomic mass is 35.5. The van der Waals surface area contributed by atoms with Gasteiger partial charge in [0.15, 0.2) is 0 Å². The van der Waals surface area contributed by atoms with E-state index in [0.717, 1.165) is 31.5 Å². The molecule has 2 N–H and O–H groups in total. The van der Waals surface area contributed by atoms with Crippen molar-refractivity contribution >= 4 is 24.8 Å². The molecule has 2 rings (SSSR count). The van der Waals surface area contributed by atoms with Crippen LogP contribution in [0.15, 0.2) is 6.20 Å². The normalized spacial score (nSPS) is 19.2. The van der Waals surface area contributed by atoms with Crippen LogP contribution in [0.4, 0.5) is 13.2 Å². The molecule has 0 radical (unpaired) electrons. The third-order valence-electron chi connectivity index (χ3n) is 3.66. The zero-order valence-corrected chi connectivity index (χ0v) is 13.9. The fraction of sp³-hybridized carbons (Fsp3) is 0.692. The second-order valence-electron chi connectivity index (χ2n) is 5.28. The van der Waals surface area contributed by atoms with E-state index in [1.165, 1.54) is 6.20 Å². The lowest BCUT2D eigenvalue weighted by Gasteiger charge is -2.32. The van der Waals surface area contributed by atoms with E-state index >= 15 is 0 Å². The van der Waals surface area contributed by atoms with E-state index in [9.17, 15) is 13.2 Å². The molecule has 2 heterocycles. The van der Waals surface area contributed by atoms with Crippen molar-refractivity contribution in [1.82, 2.24) is 14.9 Å². The maximum Gasteiger partial charge on any atom is 0.451 e. The fourth-order valence-electron chi connectivity index (χ4n) is 2.51. The van der Waals surface area contributed by atoms with Gasteiger partial charge in [0.1, 0.15) is 0 Å². The van der Waals surface area contributed by atoms with Gasteiger partial charge in [-0.2, -0.15) is 13.2 Å². The Morgan fingerprint density at radius 2 is 2.05 bits per heavy atom. The minimum Gasteiger partial charge on any atom is -0.330 e. The van der Waals surface area contributed by atoms with Gasteiger partial charge in [0.25, 0.3) is 0 Å². The van der Waals surface area contributed by atoms with Crippen molar-refractivity contribution in [1.29, 1.82) is 0 Å². The number of hydrogen-bond acceptors (Lipinski definition) is 4. The minimum atomic E-state index is -4.49. The van der Waals surface area contributed by atoms with Gasteiger partial charge >= 0.3 is 6.18 Å². The summed E-state index contributed by atoms with van der Waals surface area (Å²) < 4.78 is 37.5. The summed E-state index contributed by atoms with van der Waals surface area (Å²) in [6, 6.07) is 0. The predicted molar refractivity (Wildman–Crippen MR) is 83.3 cm³/mol. The van der Waals surface area contributed by atoms with Crippen LogP contribution in [0, 0.1) is 12.8 Å². The molecule has 1 atom stereocenters. The fourth-order valence-corrected chi connectivity index (χ4v) is 2.51. The molecule has 0 aromatic carbocycles. The molecule has 22 heavy (non-hydrogen) atoms. The number of halogens is 5. The molecule has 4 nitrogen and oxygen atoms in total. The van der Waals surface area contributed by atoms with Crippen LogP contribution in [0.2, 0.25) is 0 Å². The van der Waals surface area contributed by atoms with Gasteiger partial charge in [-0.15, -0.1) is 24.8 Å². The quantitative estimate of drug-likeness (QED) is 0.900. The maximum atomic E-state index is 12.5. The van der Waals surface area contributed by atoms with Crippen molar-refractivity contribution in [2.24, 2.45) is 11.7 Å². The van der Waals surface area contributed by atoms with E-state index in [-0.39, 0.29) is 24.8 Å². The summed E-state index contributed by atoms with van der Waals surface area (Å²) in [5.41, 5.74) is 6.82. The standard InChI is InChI=1S/C13H19F3N4.2ClH/c1-9-11(6-18-12(19-9)13(14,15)16)8-20-4-2-3-10(5-17)7-20;;/h6,10H,2-5,7-8,17H2,1H3;2*1H. The number of piperidine rings is 1. The van der Waals surface area contributed by atoms with Crippen molar-refractivity contribution in [2.45, 2.75) is 32.5 Å². The smallest absolute Gasteiger partial charge is 0.330 e. The topological polar surface area (TPSA) is 55.0 Å². The minimum absolute atomic E-state index is 0. The van der Waals surface area contributed by atoms with Crippen LogP contribution in [0.3, 0.4) is 0 Å². The molecule has 1 unspecified atom stereocenters. The molecule has 0 amide bonds. The van der Waals surface area contributed by atoms with E-state index in [2.05, 4.69) is 14.9 Å². The number of rotatable bonds is 3. The van der Waals surface area contributed by atoms with E-state index in [0.29, 0.717) is 24.7 Å². The summed E-state index contributed by atoms with van der Waals surface area (Å²) in [6.07, 6.45) is -1.01. The number of hydrogen-bond donors (Lipinski definition) is 1. The van der Waals surface area contributed by atoms with Gasteiger partial charge in [0.2, 0.25) is 5.82 Å². The Balaban J connectivity index is 0.00000220. The van der Waals surface area contributed by atoms with Crippen molar-refractivity contribution in [3.05, 3.63) is 23.3 Å². The van der Waals surface area contributed by atoms with Crippen LogP contribution in [-0.2, 0) is 12.7 Å². The van der Waals surface area contributed by atoms with Crippen molar-refractivity contribution < 1.29 is 13.2 Å². The molecule has 0 aliphatic carbocycles. The summed E-state index contributed by atoms with van der Waals surface area (Å²) in [5, 5.41) is 0. The van der Waals surface area contributed by atoms with Gasteiger partial charge in [0.05, 0.1) is 0 Å². The molecule has 9 heteroatoms. The summed E-state index contributed by atoms with van der Waals surface area (Å²) >= 11 is 0. The second-order valence-corrected chi connectivity index (χ2v) is 5.28. The summed E-state index contributed by atoms with van der Waals surface area (Å²) in [5.74, 6) is -0.600. The molecule has 0 bridgehead atoms. The zero-order chi connectivity index (χ0) is 14.8. The van der Waals surface area contributed by atoms with Crippen LogP contribution < -0.4 is 5.73 Å². The van der Waals surface area contributed by atoms with Crippen LogP contribution in [-0.4, -0.2) is 34.5 Å². The van der Waals surface area contributed by atoms with Gasteiger partial charge < -0.3 is 5.73 Å². The molecular formula is C13H21Cl2F3N4. The summed E-state index contributed by atoms with van der Waals surface area (Å²) in [4.78, 5) is 9.20. The third-order valence-corrected chi connectivity index (χ3v) is 3.66. The van der Waals surface area contributed by atoms with Gasteiger partial charge in [-0.05, 0) is 38.8 Å². The Bertz CT molecular complexity index is 471. The average Bonchev–Trinajstić information content (AvgIpc) is 2.40. The average molecular weight is 361 g/mol. The number of aryl methyl sites for hydroxylation is 1. The molecule has 0 spiro atoms. The molecule has 1 fully saturated rings. The molecule has 1 saturated heterocycles. The maximum absolute atomic E-state index is 12.5. The Kier molecular flexibility index (Phi) is 8.61. The lowest BCUT2D eigenvalue weighted by molar-refractivity contribution is -0.145. The molecule has 1 aromatic rings. The largest absolute Gasteiger partial charge is 0.451 e. The number of alkyl halides is 3. The van der Waals surface area contributed by atoms with E-state index in [4.69, 9.17) is 5.73 Å². The highest BCUT2D eigenvalue weighted by Gasteiger charge is 2.34. The summed E-state index contributed by atoms with van der Waals surface area (Å²) in [6.45, 7) is 4.66. The third kappa shape index (κ3) is 5.53. The number of nitrogens with two attached hydrogens (primary N) is 1. The van der Waals surface area contributed by atoms with Crippen LogP contribution in [0.1, 0.15) is 29.9 Å². The van der Waals surface area contributed by atoms with Gasteiger partial charge in [-0.25, -0.2) is 9.97 Å². The Morgan fingerprint density at radius 3 is 2.59 bits per heavy atom. The number of nitrogens with zero attached hydrogens (tertiary/aromatic N) is 3. The first-order valence-corrected chi connectivity index (χ1v) is 6.72. The molecule has 1 aromatic heterocycles. The SMILES string of the molecule is Cc1nc(C(F)(F)F)ncc1CN1CCCC(CN)C1.Cl.Cl. The Morgan fingerprint density at radius 1 is 1.36 bits per heavy atom. The zero-order valence-electron chi connectivity index (χ0n) is 12.3. The monoisotopic (exact) mass is 360 g/mol. The van der Waals surface area contributed by atoms with Gasteiger partial charge in [0, 0.05) is 30.5 Å². The Hall–Kier alpha value is -0.630. The van der Waals surface area contributed by atoms with Crippen molar-refractivity contribution in [2.75, 3.05) is 19.6 Å². The first kappa shape index (κ1) is 21.4. The first-order valence-electron chi connectivity index (χ1n) is 6.72. The van der Waals surface area contributed by atoms with Crippen molar-refractivity contribution in [3.63, 3.8) is 0 Å². The first-order chi connectivity index (χ1) is 9.40. The van der Waals surface area contributed by atoms with Crippen molar-refractivity contribution in [3.8, 4) is 0 Å². The van der Waals surface area contributed by atoms with Crippen LogP contribution in [0.25, 0.3) is 0 Å². The lowest BCUT2D eigenvalue weighted by atomic mass is 9.98. The second kappa shape index (κ2) is 8.86. The van der Waals surface area contributed by atoms with Crippen LogP contribution >= 0.6 is 24.8 Å². The molecule has 1 aliphatic rings. The molecule has 128 valence electrons. The molecular weight excluding hydrogens is 340 g/mol.